The summed E-state index contributed by atoms with van der Waals surface area (Å²) in [5, 5.41) is 0. The lowest BCUT2D eigenvalue weighted by Crippen LogP contribution is -2.50. The van der Waals surface area contributed by atoms with Gasteiger partial charge in [-0.1, -0.05) is 52.4 Å². The largest absolute Gasteiger partial charge is 0.324 e. The molecule has 1 atom stereocenters. The Morgan fingerprint density at radius 1 is 0.609 bits per heavy atom. The second kappa shape index (κ2) is 12.3. The third-order valence-electron chi connectivity index (χ3n) is 3.79. The van der Waals surface area contributed by atoms with E-state index >= 15 is 0 Å². The van der Waals surface area contributed by atoms with E-state index in [2.05, 4.69) is 13.8 Å². The zero-order valence-electron chi connectivity index (χ0n) is 17.0. The average molecular weight is 331 g/mol. The summed E-state index contributed by atoms with van der Waals surface area (Å²) in [4.78, 5) is 0. The predicted octanol–water partition coefficient (Wildman–Crippen LogP) is 6.30. The topological polar surface area (TPSA) is 27.7 Å². The number of unbranched alkanes of at least 4 members (excludes halogenated alkanes) is 5. The maximum Gasteiger partial charge on any atom is 0.286 e. The first kappa shape index (κ1) is 22.9. The average Bonchev–Trinajstić information content (AvgIpc) is 2.39. The second-order valence-electron chi connectivity index (χ2n) is 7.56. The molecule has 0 rings (SSSR count). The summed E-state index contributed by atoms with van der Waals surface area (Å²) in [5.41, 5.74) is 0. The van der Waals surface area contributed by atoms with Crippen molar-refractivity contribution >= 4 is 0 Å². The van der Waals surface area contributed by atoms with E-state index in [1.807, 2.05) is 41.5 Å². The first-order valence-corrected chi connectivity index (χ1v) is 9.76. The number of hydrogen-bond donors (Lipinski definition) is 0. The van der Waals surface area contributed by atoms with Crippen LogP contribution in [0.15, 0.2) is 0 Å². The predicted molar refractivity (Wildman–Crippen MR) is 98.6 cm³/mol. The van der Waals surface area contributed by atoms with Gasteiger partial charge in [0.1, 0.15) is 0 Å². The highest BCUT2D eigenvalue weighted by Gasteiger charge is 2.42. The molecule has 3 heteroatoms. The van der Waals surface area contributed by atoms with Crippen molar-refractivity contribution in [1.82, 2.24) is 0 Å². The molecule has 0 aliphatic heterocycles. The van der Waals surface area contributed by atoms with Gasteiger partial charge < -0.3 is 14.2 Å². The summed E-state index contributed by atoms with van der Waals surface area (Å²) < 4.78 is 18.5. The fourth-order valence-electron chi connectivity index (χ4n) is 2.83. The van der Waals surface area contributed by atoms with Crippen molar-refractivity contribution in [1.29, 1.82) is 0 Å². The smallest absolute Gasteiger partial charge is 0.286 e. The van der Waals surface area contributed by atoms with Crippen LogP contribution in [0, 0.1) is 5.92 Å². The minimum atomic E-state index is -0.931. The third kappa shape index (κ3) is 10.4. The zero-order valence-corrected chi connectivity index (χ0v) is 17.0. The van der Waals surface area contributed by atoms with Crippen LogP contribution in [-0.2, 0) is 14.2 Å². The highest BCUT2D eigenvalue weighted by molar-refractivity contribution is 4.71. The molecular formula is C20H42O3. The molecule has 0 amide bonds. The molecule has 140 valence electrons. The zero-order chi connectivity index (χ0) is 17.9. The molecule has 0 radical (unpaired) electrons. The first-order valence-electron chi connectivity index (χ1n) is 9.76. The molecule has 0 saturated carbocycles. The van der Waals surface area contributed by atoms with Gasteiger partial charge in [-0.3, -0.25) is 0 Å². The lowest BCUT2D eigenvalue weighted by atomic mass is 9.99. The molecule has 0 fully saturated rings. The molecule has 3 nitrogen and oxygen atoms in total. The van der Waals surface area contributed by atoms with Crippen LogP contribution in [0.25, 0.3) is 0 Å². The SMILES string of the molecule is CCCCCCCCC(C)C(OC(C)C)(OC(C)C)OC(C)C. The van der Waals surface area contributed by atoms with E-state index in [-0.39, 0.29) is 24.2 Å². The van der Waals surface area contributed by atoms with Crippen molar-refractivity contribution in [2.75, 3.05) is 0 Å². The van der Waals surface area contributed by atoms with E-state index in [4.69, 9.17) is 14.2 Å². The van der Waals surface area contributed by atoms with Crippen LogP contribution in [0.5, 0.6) is 0 Å². The van der Waals surface area contributed by atoms with Crippen LogP contribution in [-0.4, -0.2) is 24.3 Å². The fraction of sp³-hybridized carbons (Fsp3) is 1.00. The Labute approximate surface area is 145 Å². The van der Waals surface area contributed by atoms with Crippen molar-refractivity contribution in [2.24, 2.45) is 5.92 Å². The van der Waals surface area contributed by atoms with Crippen LogP contribution >= 0.6 is 0 Å². The first-order chi connectivity index (χ1) is 10.7. The van der Waals surface area contributed by atoms with Crippen molar-refractivity contribution in [3.05, 3.63) is 0 Å². The number of rotatable bonds is 14. The highest BCUT2D eigenvalue weighted by atomic mass is 16.9. The summed E-state index contributed by atoms with van der Waals surface area (Å²) in [6.45, 7) is 16.7. The van der Waals surface area contributed by atoms with Crippen LogP contribution < -0.4 is 0 Å². The molecule has 0 saturated heterocycles. The van der Waals surface area contributed by atoms with Crippen LogP contribution in [0.4, 0.5) is 0 Å². The van der Waals surface area contributed by atoms with Gasteiger partial charge >= 0.3 is 0 Å². The molecule has 23 heavy (non-hydrogen) atoms. The van der Waals surface area contributed by atoms with Gasteiger partial charge in [-0.05, 0) is 48.0 Å². The Morgan fingerprint density at radius 3 is 1.39 bits per heavy atom. The Kier molecular flexibility index (Phi) is 12.2. The Morgan fingerprint density at radius 2 is 1.00 bits per heavy atom. The van der Waals surface area contributed by atoms with Gasteiger partial charge in [-0.15, -0.1) is 0 Å². The summed E-state index contributed by atoms with van der Waals surface area (Å²) in [5.74, 6) is -0.721. The van der Waals surface area contributed by atoms with Gasteiger partial charge in [0, 0.05) is 5.92 Å². The molecule has 1 unspecified atom stereocenters. The van der Waals surface area contributed by atoms with Crippen molar-refractivity contribution in [3.63, 3.8) is 0 Å². The molecule has 0 aromatic carbocycles. The summed E-state index contributed by atoms with van der Waals surface area (Å²) >= 11 is 0. The number of hydrogen-bond acceptors (Lipinski definition) is 3. The molecule has 0 aliphatic rings. The molecule has 0 aromatic heterocycles. The van der Waals surface area contributed by atoms with Gasteiger partial charge in [0.15, 0.2) is 0 Å². The Balaban J connectivity index is 4.72. The van der Waals surface area contributed by atoms with Gasteiger partial charge in [0.2, 0.25) is 0 Å². The van der Waals surface area contributed by atoms with E-state index in [1.165, 1.54) is 38.5 Å². The van der Waals surface area contributed by atoms with Crippen LogP contribution in [0.1, 0.15) is 100 Å². The maximum atomic E-state index is 6.17. The van der Waals surface area contributed by atoms with Gasteiger partial charge in [-0.2, -0.15) is 0 Å². The van der Waals surface area contributed by atoms with Crippen LogP contribution in [0.3, 0.4) is 0 Å². The van der Waals surface area contributed by atoms with Crippen molar-refractivity contribution < 1.29 is 14.2 Å². The van der Waals surface area contributed by atoms with E-state index in [0.717, 1.165) is 6.42 Å². The highest BCUT2D eigenvalue weighted by Crippen LogP contribution is 2.33. The fourth-order valence-corrected chi connectivity index (χ4v) is 2.83. The van der Waals surface area contributed by atoms with E-state index in [1.54, 1.807) is 0 Å². The lowest BCUT2D eigenvalue weighted by molar-refractivity contribution is -0.430. The lowest BCUT2D eigenvalue weighted by Gasteiger charge is -2.41. The van der Waals surface area contributed by atoms with Crippen molar-refractivity contribution in [2.45, 2.75) is 125 Å². The number of ether oxygens (including phenoxy) is 3. The maximum absolute atomic E-state index is 6.17. The molecule has 0 heterocycles. The molecule has 0 N–H and O–H groups in total. The van der Waals surface area contributed by atoms with E-state index in [9.17, 15) is 0 Å². The monoisotopic (exact) mass is 330 g/mol. The Bertz CT molecular complexity index is 248. The molecule has 0 aromatic rings. The van der Waals surface area contributed by atoms with Crippen LogP contribution in [0.2, 0.25) is 0 Å². The summed E-state index contributed by atoms with van der Waals surface area (Å²) in [6, 6.07) is 0. The third-order valence-corrected chi connectivity index (χ3v) is 3.79. The van der Waals surface area contributed by atoms with E-state index < -0.39 is 5.97 Å². The van der Waals surface area contributed by atoms with Gasteiger partial charge in [0.25, 0.3) is 5.97 Å². The quantitative estimate of drug-likeness (QED) is 0.276. The van der Waals surface area contributed by atoms with Crippen molar-refractivity contribution in [3.8, 4) is 0 Å². The standard InChI is InChI=1S/C20H42O3/c1-9-10-11-12-13-14-15-19(8)20(21-16(2)3,22-17(4)5)23-18(6)7/h16-19H,9-15H2,1-8H3. The normalized spacial score (nSPS) is 14.2. The van der Waals surface area contributed by atoms with Gasteiger partial charge in [0.05, 0.1) is 18.3 Å². The summed E-state index contributed by atoms with van der Waals surface area (Å²) in [7, 11) is 0. The Hall–Kier alpha value is -0.120. The molecule has 0 spiro atoms. The summed E-state index contributed by atoms with van der Waals surface area (Å²) in [6.07, 6.45) is 9.09. The van der Waals surface area contributed by atoms with E-state index in [0.29, 0.717) is 0 Å². The molecular weight excluding hydrogens is 288 g/mol. The second-order valence-corrected chi connectivity index (χ2v) is 7.56. The molecule has 0 bridgehead atoms. The molecule has 0 aliphatic carbocycles. The minimum Gasteiger partial charge on any atom is -0.324 e. The van der Waals surface area contributed by atoms with Gasteiger partial charge in [-0.25, -0.2) is 0 Å². The minimum absolute atomic E-state index is 0.0690.